The van der Waals surface area contributed by atoms with Crippen LogP contribution in [0.25, 0.3) is 0 Å². The fraction of sp³-hybridized carbons (Fsp3) is 0.176. The lowest BCUT2D eigenvalue weighted by molar-refractivity contribution is -0.384. The highest BCUT2D eigenvalue weighted by Crippen LogP contribution is 2.22. The molecule has 0 fully saturated rings. The van der Waals surface area contributed by atoms with E-state index in [1.807, 2.05) is 6.07 Å². The molecule has 0 bridgehead atoms. The Morgan fingerprint density at radius 3 is 2.52 bits per heavy atom. The van der Waals surface area contributed by atoms with Crippen molar-refractivity contribution in [2.75, 3.05) is 0 Å². The minimum absolute atomic E-state index is 0.0292. The lowest BCUT2D eigenvalue weighted by Crippen LogP contribution is -2.30. The summed E-state index contributed by atoms with van der Waals surface area (Å²) in [7, 11) is 0. The molecule has 0 radical (unpaired) electrons. The number of alkyl carbamates (subject to hydrolysis) is 1. The van der Waals surface area contributed by atoms with E-state index in [1.165, 1.54) is 24.3 Å². The van der Waals surface area contributed by atoms with E-state index in [1.54, 1.807) is 24.3 Å². The number of amides is 1. The summed E-state index contributed by atoms with van der Waals surface area (Å²) >= 11 is 0. The average molecular weight is 344 g/mol. The van der Waals surface area contributed by atoms with E-state index in [-0.39, 0.29) is 12.3 Å². The number of carboxylic acid groups (broad SMARTS) is 1. The Morgan fingerprint density at radius 1 is 1.16 bits per heavy atom. The Bertz CT molecular complexity index is 763. The van der Waals surface area contributed by atoms with Crippen molar-refractivity contribution in [2.24, 2.45) is 0 Å². The first kappa shape index (κ1) is 17.9. The van der Waals surface area contributed by atoms with Gasteiger partial charge in [0.25, 0.3) is 5.69 Å². The number of carbonyl (C=O) groups excluding carboxylic acids is 1. The Labute approximate surface area is 143 Å². The first-order chi connectivity index (χ1) is 12.0. The van der Waals surface area contributed by atoms with Gasteiger partial charge in [0, 0.05) is 12.1 Å². The third-order valence-corrected chi connectivity index (χ3v) is 3.37. The number of nitro benzene ring substituents is 1. The molecule has 0 saturated heterocycles. The third-order valence-electron chi connectivity index (χ3n) is 3.37. The first-order valence-corrected chi connectivity index (χ1v) is 7.39. The second kappa shape index (κ2) is 8.44. The summed E-state index contributed by atoms with van der Waals surface area (Å²) in [5.41, 5.74) is 0.906. The van der Waals surface area contributed by atoms with Gasteiger partial charge in [-0.25, -0.2) is 4.79 Å². The van der Waals surface area contributed by atoms with Crippen LogP contribution < -0.4 is 5.32 Å². The van der Waals surface area contributed by atoms with Gasteiger partial charge in [-0.05, 0) is 11.1 Å². The Hall–Kier alpha value is -3.42. The van der Waals surface area contributed by atoms with Crippen LogP contribution in [0, 0.1) is 10.1 Å². The highest BCUT2D eigenvalue weighted by molar-refractivity contribution is 5.72. The number of carbonyl (C=O) groups is 2. The Morgan fingerprint density at radius 2 is 1.88 bits per heavy atom. The Kier molecular flexibility index (Phi) is 6.05. The number of benzene rings is 2. The number of nitro groups is 1. The van der Waals surface area contributed by atoms with E-state index in [4.69, 9.17) is 9.84 Å². The van der Waals surface area contributed by atoms with E-state index in [0.717, 1.165) is 5.56 Å². The van der Waals surface area contributed by atoms with Crippen LogP contribution in [-0.4, -0.2) is 22.1 Å². The lowest BCUT2D eigenvalue weighted by Gasteiger charge is -2.17. The maximum Gasteiger partial charge on any atom is 0.407 e. The van der Waals surface area contributed by atoms with Crippen molar-refractivity contribution >= 4 is 17.7 Å². The second-order valence-electron chi connectivity index (χ2n) is 5.21. The SMILES string of the molecule is O=C(O)C[C@@H](NC(=O)OCc1ccccc1)c1cccc([N+](=O)[O-])c1. The number of nitrogens with one attached hydrogen (secondary N) is 1. The van der Waals surface area contributed by atoms with Crippen molar-refractivity contribution in [1.82, 2.24) is 5.32 Å². The predicted molar refractivity (Wildman–Crippen MR) is 87.9 cm³/mol. The van der Waals surface area contributed by atoms with Crippen LogP contribution in [0.15, 0.2) is 54.6 Å². The zero-order chi connectivity index (χ0) is 18.2. The molecule has 1 amide bonds. The predicted octanol–water partition coefficient (Wildman–Crippen LogP) is 3.04. The highest BCUT2D eigenvalue weighted by atomic mass is 16.6. The second-order valence-corrected chi connectivity index (χ2v) is 5.21. The van der Waals surface area contributed by atoms with Crippen LogP contribution in [0.3, 0.4) is 0 Å². The smallest absolute Gasteiger partial charge is 0.407 e. The number of hydrogen-bond acceptors (Lipinski definition) is 5. The molecule has 0 aliphatic heterocycles. The molecule has 130 valence electrons. The molecule has 2 aromatic carbocycles. The van der Waals surface area contributed by atoms with Gasteiger partial charge in [-0.2, -0.15) is 0 Å². The van der Waals surface area contributed by atoms with Gasteiger partial charge >= 0.3 is 12.1 Å². The van der Waals surface area contributed by atoms with Gasteiger partial charge in [-0.15, -0.1) is 0 Å². The van der Waals surface area contributed by atoms with E-state index in [9.17, 15) is 19.7 Å². The minimum Gasteiger partial charge on any atom is -0.481 e. The molecule has 0 spiro atoms. The molecular formula is C17H16N2O6. The van der Waals surface area contributed by atoms with Crippen LogP contribution >= 0.6 is 0 Å². The summed E-state index contributed by atoms with van der Waals surface area (Å²) in [5, 5.41) is 22.3. The number of aliphatic carboxylic acids is 1. The van der Waals surface area contributed by atoms with Crippen molar-refractivity contribution < 1.29 is 24.4 Å². The van der Waals surface area contributed by atoms with Crippen molar-refractivity contribution in [1.29, 1.82) is 0 Å². The fourth-order valence-electron chi connectivity index (χ4n) is 2.19. The highest BCUT2D eigenvalue weighted by Gasteiger charge is 2.21. The molecular weight excluding hydrogens is 328 g/mol. The van der Waals surface area contributed by atoms with Crippen molar-refractivity contribution in [3.05, 3.63) is 75.8 Å². The molecule has 2 aromatic rings. The number of non-ortho nitro benzene ring substituents is 1. The zero-order valence-corrected chi connectivity index (χ0v) is 13.1. The monoisotopic (exact) mass is 344 g/mol. The number of carboxylic acids is 1. The molecule has 0 aromatic heterocycles. The van der Waals surface area contributed by atoms with Gasteiger partial charge in [0.05, 0.1) is 17.4 Å². The topological polar surface area (TPSA) is 119 Å². The lowest BCUT2D eigenvalue weighted by atomic mass is 10.0. The molecule has 2 N–H and O–H groups in total. The number of hydrogen-bond donors (Lipinski definition) is 2. The average Bonchev–Trinajstić information content (AvgIpc) is 2.60. The van der Waals surface area contributed by atoms with Crippen LogP contribution in [0.4, 0.5) is 10.5 Å². The molecule has 0 heterocycles. The van der Waals surface area contributed by atoms with E-state index in [2.05, 4.69) is 5.32 Å². The fourth-order valence-corrected chi connectivity index (χ4v) is 2.19. The van der Waals surface area contributed by atoms with E-state index in [0.29, 0.717) is 5.56 Å². The van der Waals surface area contributed by atoms with Crippen molar-refractivity contribution in [3.8, 4) is 0 Å². The maximum atomic E-state index is 11.9. The van der Waals surface area contributed by atoms with Gasteiger partial charge in [0.15, 0.2) is 0 Å². The van der Waals surface area contributed by atoms with Crippen molar-refractivity contribution in [2.45, 2.75) is 19.1 Å². The molecule has 25 heavy (non-hydrogen) atoms. The standard InChI is InChI=1S/C17H16N2O6/c20-16(21)10-15(13-7-4-8-14(9-13)19(23)24)18-17(22)25-11-12-5-2-1-3-6-12/h1-9,15H,10-11H2,(H,18,22)(H,20,21)/t15-/m1/s1. The van der Waals surface area contributed by atoms with Gasteiger partial charge < -0.3 is 15.2 Å². The molecule has 0 aliphatic carbocycles. The summed E-state index contributed by atoms with van der Waals surface area (Å²) in [6.07, 6.45) is -1.23. The normalized spacial score (nSPS) is 11.4. The molecule has 0 unspecified atom stereocenters. The first-order valence-electron chi connectivity index (χ1n) is 7.39. The summed E-state index contributed by atoms with van der Waals surface area (Å²) in [6, 6.07) is 13.5. The molecule has 0 saturated carbocycles. The van der Waals surface area contributed by atoms with Gasteiger partial charge in [0.1, 0.15) is 6.61 Å². The third kappa shape index (κ3) is 5.61. The molecule has 0 aliphatic rings. The number of rotatable bonds is 7. The van der Waals surface area contributed by atoms with E-state index < -0.39 is 29.4 Å². The summed E-state index contributed by atoms with van der Waals surface area (Å²) in [4.78, 5) is 33.2. The molecule has 1 atom stereocenters. The van der Waals surface area contributed by atoms with Gasteiger partial charge in [-0.1, -0.05) is 42.5 Å². The molecule has 8 heteroatoms. The van der Waals surface area contributed by atoms with Gasteiger partial charge in [-0.3, -0.25) is 14.9 Å². The van der Waals surface area contributed by atoms with Crippen LogP contribution in [0.2, 0.25) is 0 Å². The molecule has 8 nitrogen and oxygen atoms in total. The van der Waals surface area contributed by atoms with Crippen molar-refractivity contribution in [3.63, 3.8) is 0 Å². The van der Waals surface area contributed by atoms with Crippen LogP contribution in [0.1, 0.15) is 23.6 Å². The van der Waals surface area contributed by atoms with Gasteiger partial charge in [0.2, 0.25) is 0 Å². The number of nitrogens with zero attached hydrogens (tertiary/aromatic N) is 1. The van der Waals surface area contributed by atoms with Crippen LogP contribution in [-0.2, 0) is 16.1 Å². The molecule has 2 rings (SSSR count). The summed E-state index contributed by atoms with van der Waals surface area (Å²) < 4.78 is 5.06. The summed E-state index contributed by atoms with van der Waals surface area (Å²) in [6.45, 7) is 0.0292. The van der Waals surface area contributed by atoms with Crippen LogP contribution in [0.5, 0.6) is 0 Å². The zero-order valence-electron chi connectivity index (χ0n) is 13.1. The minimum atomic E-state index is -1.15. The number of ether oxygens (including phenoxy) is 1. The quantitative estimate of drug-likeness (QED) is 0.588. The summed E-state index contributed by atoms with van der Waals surface area (Å²) in [5.74, 6) is -1.15. The largest absolute Gasteiger partial charge is 0.481 e. The maximum absolute atomic E-state index is 11.9. The van der Waals surface area contributed by atoms with E-state index >= 15 is 0 Å². The Balaban J connectivity index is 2.06.